The van der Waals surface area contributed by atoms with E-state index in [4.69, 9.17) is 5.11 Å². The minimum absolute atomic E-state index is 0.112. The zero-order valence-corrected chi connectivity index (χ0v) is 13.1. The molecule has 1 aromatic heterocycles. The molecule has 0 aliphatic heterocycles. The topological polar surface area (TPSA) is 74.2 Å². The monoisotopic (exact) mass is 349 g/mol. The van der Waals surface area contributed by atoms with Gasteiger partial charge in [-0.05, 0) is 46.1 Å². The van der Waals surface area contributed by atoms with E-state index in [0.29, 0.717) is 23.5 Å². The number of carbonyl (C=O) groups is 1. The molecule has 0 atom stereocenters. The summed E-state index contributed by atoms with van der Waals surface area (Å²) in [6, 6.07) is 9.10. The number of nitrogens with zero attached hydrogens (tertiary/aromatic N) is 1. The maximum absolute atomic E-state index is 12.3. The number of aliphatic hydroxyl groups excluding tert-OH is 1. The fraction of sp³-hybridized carbons (Fsp3) is 0.200. The summed E-state index contributed by atoms with van der Waals surface area (Å²) >= 11 is 3.31. The lowest BCUT2D eigenvalue weighted by atomic mass is 10.1. The molecule has 1 heterocycles. The Hall–Kier alpha value is -1.92. The van der Waals surface area contributed by atoms with Crippen molar-refractivity contribution in [3.63, 3.8) is 0 Å². The van der Waals surface area contributed by atoms with E-state index in [1.54, 1.807) is 19.3 Å². The Morgan fingerprint density at radius 3 is 2.67 bits per heavy atom. The van der Waals surface area contributed by atoms with Crippen molar-refractivity contribution >= 4 is 33.3 Å². The van der Waals surface area contributed by atoms with E-state index in [1.165, 1.54) is 0 Å². The molecule has 6 heteroatoms. The second-order valence-corrected chi connectivity index (χ2v) is 5.34. The lowest BCUT2D eigenvalue weighted by Crippen LogP contribution is -2.15. The number of hydrogen-bond donors (Lipinski definition) is 3. The number of anilines is 2. The van der Waals surface area contributed by atoms with Crippen LogP contribution < -0.4 is 10.6 Å². The van der Waals surface area contributed by atoms with Gasteiger partial charge in [-0.2, -0.15) is 0 Å². The maximum atomic E-state index is 12.3. The van der Waals surface area contributed by atoms with Crippen LogP contribution >= 0.6 is 15.9 Å². The summed E-state index contributed by atoms with van der Waals surface area (Å²) in [4.78, 5) is 16.5. The molecule has 0 saturated carbocycles. The standard InChI is InChI=1S/C15H16BrN3O2/c1-17-14-13(8-11(16)9-18-14)15(21)19-12-4-2-10(3-5-12)6-7-20/h2-5,8-9,20H,6-7H2,1H3,(H,17,18)(H,19,21). The summed E-state index contributed by atoms with van der Waals surface area (Å²) < 4.78 is 0.741. The molecule has 0 aliphatic carbocycles. The van der Waals surface area contributed by atoms with E-state index in [0.717, 1.165) is 10.0 Å². The molecule has 0 bridgehead atoms. The van der Waals surface area contributed by atoms with E-state index < -0.39 is 0 Å². The molecule has 21 heavy (non-hydrogen) atoms. The molecule has 1 amide bonds. The van der Waals surface area contributed by atoms with E-state index in [2.05, 4.69) is 31.5 Å². The van der Waals surface area contributed by atoms with Gasteiger partial charge in [-0.1, -0.05) is 12.1 Å². The zero-order valence-electron chi connectivity index (χ0n) is 11.6. The van der Waals surface area contributed by atoms with Crippen molar-refractivity contribution in [1.29, 1.82) is 0 Å². The maximum Gasteiger partial charge on any atom is 0.259 e. The van der Waals surface area contributed by atoms with E-state index in [1.807, 2.05) is 24.3 Å². The highest BCUT2D eigenvalue weighted by Gasteiger charge is 2.13. The lowest BCUT2D eigenvalue weighted by molar-refractivity contribution is 0.102. The van der Waals surface area contributed by atoms with Gasteiger partial charge in [0.25, 0.3) is 5.91 Å². The zero-order chi connectivity index (χ0) is 15.2. The number of amides is 1. The predicted molar refractivity (Wildman–Crippen MR) is 86.7 cm³/mol. The number of aliphatic hydroxyl groups is 1. The van der Waals surface area contributed by atoms with Crippen LogP contribution in [0.5, 0.6) is 0 Å². The average Bonchev–Trinajstić information content (AvgIpc) is 2.49. The third-order valence-electron chi connectivity index (χ3n) is 2.95. The fourth-order valence-electron chi connectivity index (χ4n) is 1.89. The number of halogens is 1. The van der Waals surface area contributed by atoms with Crippen LogP contribution in [0, 0.1) is 0 Å². The van der Waals surface area contributed by atoms with Crippen LogP contribution in [0.25, 0.3) is 0 Å². The molecule has 0 unspecified atom stereocenters. The highest BCUT2D eigenvalue weighted by molar-refractivity contribution is 9.10. The molecule has 0 fully saturated rings. The van der Waals surface area contributed by atoms with Crippen LogP contribution in [0.1, 0.15) is 15.9 Å². The van der Waals surface area contributed by atoms with E-state index in [-0.39, 0.29) is 12.5 Å². The Balaban J connectivity index is 2.15. The highest BCUT2D eigenvalue weighted by Crippen LogP contribution is 2.19. The van der Waals surface area contributed by atoms with Crippen LogP contribution in [-0.2, 0) is 6.42 Å². The van der Waals surface area contributed by atoms with Gasteiger partial charge in [-0.15, -0.1) is 0 Å². The Kier molecular flexibility index (Phi) is 5.30. The number of rotatable bonds is 5. The summed E-state index contributed by atoms with van der Waals surface area (Å²) in [5, 5.41) is 14.6. The molecule has 0 radical (unpaired) electrons. The molecule has 1 aromatic carbocycles. The van der Waals surface area contributed by atoms with Crippen molar-refractivity contribution in [1.82, 2.24) is 4.98 Å². The smallest absolute Gasteiger partial charge is 0.259 e. The molecule has 110 valence electrons. The third-order valence-corrected chi connectivity index (χ3v) is 3.38. The third kappa shape index (κ3) is 4.03. The van der Waals surface area contributed by atoms with Crippen LogP contribution in [0.4, 0.5) is 11.5 Å². The van der Waals surface area contributed by atoms with Crippen LogP contribution in [-0.4, -0.2) is 29.7 Å². The molecular weight excluding hydrogens is 334 g/mol. The first kappa shape index (κ1) is 15.5. The van der Waals surface area contributed by atoms with Gasteiger partial charge in [-0.3, -0.25) is 4.79 Å². The predicted octanol–water partition coefficient (Wildman–Crippen LogP) is 2.67. The summed E-state index contributed by atoms with van der Waals surface area (Å²) in [5.74, 6) is 0.288. The first-order valence-electron chi connectivity index (χ1n) is 6.48. The number of aromatic nitrogens is 1. The molecule has 0 aliphatic rings. The van der Waals surface area contributed by atoms with Crippen molar-refractivity contribution in [2.45, 2.75) is 6.42 Å². The van der Waals surface area contributed by atoms with Gasteiger partial charge >= 0.3 is 0 Å². The molecule has 2 aromatic rings. The highest BCUT2D eigenvalue weighted by atomic mass is 79.9. The van der Waals surface area contributed by atoms with Crippen LogP contribution in [0.15, 0.2) is 41.0 Å². The Morgan fingerprint density at radius 1 is 1.33 bits per heavy atom. The van der Waals surface area contributed by atoms with Gasteiger partial charge in [0.1, 0.15) is 5.82 Å². The number of carbonyl (C=O) groups excluding carboxylic acids is 1. The van der Waals surface area contributed by atoms with Crippen molar-refractivity contribution in [3.8, 4) is 0 Å². The minimum Gasteiger partial charge on any atom is -0.396 e. The number of pyridine rings is 1. The molecule has 2 rings (SSSR count). The number of benzene rings is 1. The van der Waals surface area contributed by atoms with Gasteiger partial charge in [-0.25, -0.2) is 4.98 Å². The number of nitrogens with one attached hydrogen (secondary N) is 2. The van der Waals surface area contributed by atoms with Gasteiger partial charge in [0.15, 0.2) is 0 Å². The second-order valence-electron chi connectivity index (χ2n) is 4.42. The van der Waals surface area contributed by atoms with Crippen molar-refractivity contribution in [3.05, 3.63) is 52.1 Å². The van der Waals surface area contributed by atoms with Crippen LogP contribution in [0.3, 0.4) is 0 Å². The summed E-state index contributed by atoms with van der Waals surface area (Å²) in [7, 11) is 1.72. The normalized spacial score (nSPS) is 10.2. The molecule has 0 saturated heterocycles. The number of hydrogen-bond acceptors (Lipinski definition) is 4. The first-order chi connectivity index (χ1) is 10.1. The van der Waals surface area contributed by atoms with Gasteiger partial charge in [0.05, 0.1) is 5.56 Å². The Labute approximate surface area is 131 Å². The summed E-state index contributed by atoms with van der Waals surface area (Å²) in [5.41, 5.74) is 2.19. The van der Waals surface area contributed by atoms with Gasteiger partial charge < -0.3 is 15.7 Å². The molecule has 5 nitrogen and oxygen atoms in total. The lowest BCUT2D eigenvalue weighted by Gasteiger charge is -2.10. The summed E-state index contributed by atoms with van der Waals surface area (Å²) in [6.45, 7) is 0.112. The van der Waals surface area contributed by atoms with E-state index >= 15 is 0 Å². The van der Waals surface area contributed by atoms with Gasteiger partial charge in [0, 0.05) is 30.0 Å². The molecule has 0 spiro atoms. The van der Waals surface area contributed by atoms with Gasteiger partial charge in [0.2, 0.25) is 0 Å². The average molecular weight is 350 g/mol. The Morgan fingerprint density at radius 2 is 2.05 bits per heavy atom. The minimum atomic E-state index is -0.233. The fourth-order valence-corrected chi connectivity index (χ4v) is 2.23. The quantitative estimate of drug-likeness (QED) is 0.775. The van der Waals surface area contributed by atoms with Crippen LogP contribution in [0.2, 0.25) is 0 Å². The Bertz CT molecular complexity index is 629. The molecule has 3 N–H and O–H groups in total. The van der Waals surface area contributed by atoms with E-state index in [9.17, 15) is 4.79 Å². The largest absolute Gasteiger partial charge is 0.396 e. The van der Waals surface area contributed by atoms with Crippen molar-refractivity contribution in [2.75, 3.05) is 24.3 Å². The first-order valence-corrected chi connectivity index (χ1v) is 7.28. The van der Waals surface area contributed by atoms with Crippen molar-refractivity contribution < 1.29 is 9.90 Å². The second kappa shape index (κ2) is 7.19. The summed E-state index contributed by atoms with van der Waals surface area (Å²) in [6.07, 6.45) is 2.24. The SMILES string of the molecule is CNc1ncc(Br)cc1C(=O)Nc1ccc(CCO)cc1. The van der Waals surface area contributed by atoms with Crippen molar-refractivity contribution in [2.24, 2.45) is 0 Å². The molecular formula is C15H16BrN3O2.